The van der Waals surface area contributed by atoms with Gasteiger partial charge in [0, 0.05) is 23.7 Å². The van der Waals surface area contributed by atoms with Crippen molar-refractivity contribution in [1.82, 2.24) is 0 Å². The normalized spacial score (nSPS) is 18.9. The van der Waals surface area contributed by atoms with E-state index in [1.165, 1.54) is 11.3 Å². The van der Waals surface area contributed by atoms with Crippen LogP contribution in [0.5, 0.6) is 5.75 Å². The van der Waals surface area contributed by atoms with Gasteiger partial charge in [0.15, 0.2) is 0 Å². The Labute approximate surface area is 85.3 Å². The number of rotatable bonds is 3. The molecule has 1 aliphatic heterocycles. The molecule has 2 rings (SSSR count). The minimum absolute atomic E-state index is 0.587. The quantitative estimate of drug-likeness (QED) is 0.793. The van der Waals surface area contributed by atoms with Gasteiger partial charge in [0.1, 0.15) is 5.75 Å². The lowest BCUT2D eigenvalue weighted by Gasteiger charge is -2.07. The highest BCUT2D eigenvalue weighted by Gasteiger charge is 2.22. The van der Waals surface area contributed by atoms with Crippen molar-refractivity contribution in [3.63, 3.8) is 0 Å². The summed E-state index contributed by atoms with van der Waals surface area (Å²) in [6.45, 7) is 6.14. The molecule has 0 saturated carbocycles. The molecule has 0 aliphatic carbocycles. The van der Waals surface area contributed by atoms with Crippen LogP contribution in [0.2, 0.25) is 0 Å². The highest BCUT2D eigenvalue weighted by atomic mass is 16.5. The number of hydrogen-bond acceptors (Lipinski definition) is 2. The third-order valence-corrected chi connectivity index (χ3v) is 2.76. The van der Waals surface area contributed by atoms with Crippen LogP contribution in [0, 0.1) is 0 Å². The largest absolute Gasteiger partial charge is 0.493 e. The van der Waals surface area contributed by atoms with Crippen LogP contribution in [0.1, 0.15) is 31.7 Å². The van der Waals surface area contributed by atoms with Gasteiger partial charge in [-0.15, -0.1) is 0 Å². The fourth-order valence-corrected chi connectivity index (χ4v) is 1.93. The van der Waals surface area contributed by atoms with Crippen LogP contribution in [0.3, 0.4) is 0 Å². The van der Waals surface area contributed by atoms with Crippen molar-refractivity contribution in [2.45, 2.75) is 26.2 Å². The molecule has 1 heterocycles. The standard InChI is InChI=1S/C12H17NO/c1-3-9-8-14-12-6-5-10(13-4-2)7-11(9)12/h5-7,9,13H,3-4,8H2,1-2H3. The van der Waals surface area contributed by atoms with E-state index in [0.29, 0.717) is 5.92 Å². The molecule has 1 aromatic rings. The molecule has 2 nitrogen and oxygen atoms in total. The first-order valence-electron chi connectivity index (χ1n) is 5.35. The molecule has 0 fully saturated rings. The average Bonchev–Trinajstić information content (AvgIpc) is 2.60. The van der Waals surface area contributed by atoms with Gasteiger partial charge in [-0.2, -0.15) is 0 Å². The third-order valence-electron chi connectivity index (χ3n) is 2.76. The summed E-state index contributed by atoms with van der Waals surface area (Å²) in [6, 6.07) is 6.38. The van der Waals surface area contributed by atoms with Crippen LogP contribution >= 0.6 is 0 Å². The molecular weight excluding hydrogens is 174 g/mol. The molecule has 1 aromatic carbocycles. The van der Waals surface area contributed by atoms with Crippen molar-refractivity contribution in [1.29, 1.82) is 0 Å². The zero-order valence-corrected chi connectivity index (χ0v) is 8.84. The molecular formula is C12H17NO. The van der Waals surface area contributed by atoms with E-state index in [9.17, 15) is 0 Å². The van der Waals surface area contributed by atoms with E-state index in [2.05, 4.69) is 37.4 Å². The highest BCUT2D eigenvalue weighted by Crippen LogP contribution is 2.37. The van der Waals surface area contributed by atoms with Gasteiger partial charge in [0.25, 0.3) is 0 Å². The van der Waals surface area contributed by atoms with Crippen LogP contribution < -0.4 is 10.1 Å². The molecule has 0 radical (unpaired) electrons. The first kappa shape index (κ1) is 9.38. The van der Waals surface area contributed by atoms with Gasteiger partial charge in [0.2, 0.25) is 0 Å². The molecule has 2 heteroatoms. The molecule has 14 heavy (non-hydrogen) atoms. The molecule has 0 bridgehead atoms. The van der Waals surface area contributed by atoms with Crippen molar-refractivity contribution in [3.8, 4) is 5.75 Å². The summed E-state index contributed by atoms with van der Waals surface area (Å²) < 4.78 is 5.61. The first-order valence-corrected chi connectivity index (χ1v) is 5.35. The SMILES string of the molecule is CCNc1ccc2c(c1)C(CC)CO2. The molecule has 0 saturated heterocycles. The molecule has 1 aliphatic rings. The van der Waals surface area contributed by atoms with Crippen LogP contribution in [-0.4, -0.2) is 13.2 Å². The minimum atomic E-state index is 0.587. The van der Waals surface area contributed by atoms with Gasteiger partial charge in [-0.05, 0) is 31.5 Å². The molecule has 1 atom stereocenters. The number of anilines is 1. The number of nitrogens with one attached hydrogen (secondary N) is 1. The fourth-order valence-electron chi connectivity index (χ4n) is 1.93. The first-order chi connectivity index (χ1) is 6.85. The maximum Gasteiger partial charge on any atom is 0.123 e. The Balaban J connectivity index is 2.28. The van der Waals surface area contributed by atoms with E-state index in [1.54, 1.807) is 0 Å². The molecule has 1 N–H and O–H groups in total. The maximum atomic E-state index is 5.61. The van der Waals surface area contributed by atoms with Crippen molar-refractivity contribution in [2.24, 2.45) is 0 Å². The Morgan fingerprint density at radius 1 is 1.43 bits per heavy atom. The predicted octanol–water partition coefficient (Wildman–Crippen LogP) is 3.00. The zero-order chi connectivity index (χ0) is 9.97. The number of ether oxygens (including phenoxy) is 1. The lowest BCUT2D eigenvalue weighted by molar-refractivity contribution is 0.328. The Morgan fingerprint density at radius 3 is 3.00 bits per heavy atom. The summed E-state index contributed by atoms with van der Waals surface area (Å²) in [4.78, 5) is 0. The Kier molecular flexibility index (Phi) is 2.62. The van der Waals surface area contributed by atoms with Gasteiger partial charge in [0.05, 0.1) is 6.61 Å². The van der Waals surface area contributed by atoms with Crippen molar-refractivity contribution < 1.29 is 4.74 Å². The van der Waals surface area contributed by atoms with Crippen LogP contribution in [0.25, 0.3) is 0 Å². The van der Waals surface area contributed by atoms with Crippen molar-refractivity contribution in [2.75, 3.05) is 18.5 Å². The molecule has 0 spiro atoms. The number of hydrogen-bond donors (Lipinski definition) is 1. The van der Waals surface area contributed by atoms with E-state index in [0.717, 1.165) is 25.3 Å². The van der Waals surface area contributed by atoms with E-state index in [-0.39, 0.29) is 0 Å². The Hall–Kier alpha value is -1.18. The van der Waals surface area contributed by atoms with Gasteiger partial charge >= 0.3 is 0 Å². The van der Waals surface area contributed by atoms with Crippen LogP contribution in [0.15, 0.2) is 18.2 Å². The summed E-state index contributed by atoms with van der Waals surface area (Å²) in [5, 5.41) is 3.33. The Morgan fingerprint density at radius 2 is 2.29 bits per heavy atom. The second kappa shape index (κ2) is 3.91. The number of fused-ring (bicyclic) bond motifs is 1. The second-order valence-corrected chi connectivity index (χ2v) is 3.70. The van der Waals surface area contributed by atoms with Gasteiger partial charge < -0.3 is 10.1 Å². The van der Waals surface area contributed by atoms with E-state index in [1.807, 2.05) is 0 Å². The molecule has 1 unspecified atom stereocenters. The van der Waals surface area contributed by atoms with E-state index in [4.69, 9.17) is 4.74 Å². The zero-order valence-electron chi connectivity index (χ0n) is 8.84. The molecule has 76 valence electrons. The lowest BCUT2D eigenvalue weighted by Crippen LogP contribution is -1.99. The minimum Gasteiger partial charge on any atom is -0.493 e. The molecule has 0 aromatic heterocycles. The maximum absolute atomic E-state index is 5.61. The summed E-state index contributed by atoms with van der Waals surface area (Å²) in [5.41, 5.74) is 2.57. The van der Waals surface area contributed by atoms with E-state index >= 15 is 0 Å². The van der Waals surface area contributed by atoms with Crippen molar-refractivity contribution >= 4 is 5.69 Å². The highest BCUT2D eigenvalue weighted by molar-refractivity contribution is 5.53. The monoisotopic (exact) mass is 191 g/mol. The fraction of sp³-hybridized carbons (Fsp3) is 0.500. The molecule has 0 amide bonds. The van der Waals surface area contributed by atoms with Gasteiger partial charge in [-0.25, -0.2) is 0 Å². The van der Waals surface area contributed by atoms with Crippen molar-refractivity contribution in [3.05, 3.63) is 23.8 Å². The lowest BCUT2D eigenvalue weighted by atomic mass is 9.98. The topological polar surface area (TPSA) is 21.3 Å². The summed E-state index contributed by atoms with van der Waals surface area (Å²) in [5.74, 6) is 1.65. The summed E-state index contributed by atoms with van der Waals surface area (Å²) >= 11 is 0. The second-order valence-electron chi connectivity index (χ2n) is 3.70. The third kappa shape index (κ3) is 1.57. The smallest absolute Gasteiger partial charge is 0.123 e. The Bertz CT molecular complexity index is 322. The summed E-state index contributed by atoms with van der Waals surface area (Å²) in [7, 11) is 0. The van der Waals surface area contributed by atoms with Crippen LogP contribution in [0.4, 0.5) is 5.69 Å². The average molecular weight is 191 g/mol. The summed E-state index contributed by atoms with van der Waals surface area (Å²) in [6.07, 6.45) is 1.16. The van der Waals surface area contributed by atoms with Gasteiger partial charge in [-0.1, -0.05) is 6.92 Å². The predicted molar refractivity (Wildman–Crippen MR) is 59.1 cm³/mol. The van der Waals surface area contributed by atoms with E-state index < -0.39 is 0 Å². The number of benzene rings is 1. The van der Waals surface area contributed by atoms with Gasteiger partial charge in [-0.3, -0.25) is 0 Å². The van der Waals surface area contributed by atoms with Crippen LogP contribution in [-0.2, 0) is 0 Å².